The van der Waals surface area contributed by atoms with Gasteiger partial charge in [-0.3, -0.25) is 0 Å². The summed E-state index contributed by atoms with van der Waals surface area (Å²) >= 11 is 0. The molecular weight excluding hydrogens is 402 g/mol. The summed E-state index contributed by atoms with van der Waals surface area (Å²) in [5.74, 6) is 0. The van der Waals surface area contributed by atoms with Crippen LogP contribution in [-0.2, 0) is 5.54 Å². The Kier molecular flexibility index (Phi) is 4.78. The molecule has 3 nitrogen and oxygen atoms in total. The second-order valence-corrected chi connectivity index (χ2v) is 9.15. The van der Waals surface area contributed by atoms with Crippen LogP contribution in [0.1, 0.15) is 24.8 Å². The fourth-order valence-corrected chi connectivity index (χ4v) is 4.83. The van der Waals surface area contributed by atoms with E-state index >= 15 is 0 Å². The van der Waals surface area contributed by atoms with Crippen LogP contribution in [0.4, 0.5) is 0 Å². The highest BCUT2D eigenvalue weighted by molar-refractivity contribution is 5.92. The predicted molar refractivity (Wildman–Crippen MR) is 133 cm³/mol. The number of benzene rings is 3. The number of nitrogens with one attached hydrogen (secondary N) is 1. The third kappa shape index (κ3) is 3.61. The molecule has 0 atom stereocenters. The minimum atomic E-state index is 0.0976. The van der Waals surface area contributed by atoms with Gasteiger partial charge in [0, 0.05) is 46.5 Å². The standard InChI is InChI=1S/C30H25N3/c31-30(16-7-17-30)25-14-12-23(13-15-25)29-26(21-8-3-1-4-9-21)18-24-19-27(32-20-28(24)33-29)22-10-5-2-6-11-22/h1-6,8-15,18-20H,7,16-17,31H2/p+2. The third-order valence-corrected chi connectivity index (χ3v) is 7.00. The zero-order chi connectivity index (χ0) is 22.3. The molecular formula is C30H27N3+2. The molecule has 0 spiro atoms. The van der Waals surface area contributed by atoms with Gasteiger partial charge in [0.1, 0.15) is 11.1 Å². The van der Waals surface area contributed by atoms with Crippen LogP contribution in [0.3, 0.4) is 0 Å². The van der Waals surface area contributed by atoms with Crippen LogP contribution in [0.25, 0.3) is 44.5 Å². The number of rotatable bonds is 4. The number of fused-ring (bicyclic) bond motifs is 1. The Morgan fingerprint density at radius 1 is 0.727 bits per heavy atom. The smallest absolute Gasteiger partial charge is 0.211 e. The highest BCUT2D eigenvalue weighted by Crippen LogP contribution is 2.39. The summed E-state index contributed by atoms with van der Waals surface area (Å²) in [5.41, 5.74) is 13.6. The van der Waals surface area contributed by atoms with E-state index in [0.717, 1.165) is 33.4 Å². The molecule has 1 aliphatic carbocycles. The van der Waals surface area contributed by atoms with Gasteiger partial charge >= 0.3 is 0 Å². The number of pyridine rings is 2. The average Bonchev–Trinajstić information content (AvgIpc) is 2.87. The summed E-state index contributed by atoms with van der Waals surface area (Å²) in [4.78, 5) is 8.57. The van der Waals surface area contributed by atoms with Gasteiger partial charge < -0.3 is 5.73 Å². The second kappa shape index (κ2) is 7.95. The summed E-state index contributed by atoms with van der Waals surface area (Å²) in [6, 6.07) is 34.3. The van der Waals surface area contributed by atoms with Crippen molar-refractivity contribution in [3.05, 3.63) is 109 Å². The van der Waals surface area contributed by atoms with E-state index in [1.165, 1.54) is 36.0 Å². The fraction of sp³-hybridized carbons (Fsp3) is 0.133. The van der Waals surface area contributed by atoms with Gasteiger partial charge in [-0.05, 0) is 30.2 Å². The number of aromatic amines is 1. The highest BCUT2D eigenvalue weighted by atomic mass is 14.8. The Balaban J connectivity index is 1.50. The molecule has 6 rings (SSSR count). The summed E-state index contributed by atoms with van der Waals surface area (Å²) in [7, 11) is 0. The second-order valence-electron chi connectivity index (χ2n) is 9.15. The van der Waals surface area contributed by atoms with E-state index in [2.05, 4.69) is 102 Å². The van der Waals surface area contributed by atoms with E-state index in [1.807, 2.05) is 12.3 Å². The van der Waals surface area contributed by atoms with Crippen LogP contribution in [0.15, 0.2) is 103 Å². The van der Waals surface area contributed by atoms with Crippen LogP contribution in [0.2, 0.25) is 0 Å². The first-order chi connectivity index (χ1) is 16.2. The van der Waals surface area contributed by atoms with Crippen LogP contribution in [-0.4, -0.2) is 4.98 Å². The van der Waals surface area contributed by atoms with Crippen molar-refractivity contribution < 1.29 is 10.7 Å². The molecule has 160 valence electrons. The molecule has 5 aromatic rings. The van der Waals surface area contributed by atoms with Crippen molar-refractivity contribution in [3.63, 3.8) is 0 Å². The van der Waals surface area contributed by atoms with E-state index in [9.17, 15) is 0 Å². The topological polar surface area (TPSA) is 54.7 Å². The van der Waals surface area contributed by atoms with Crippen LogP contribution < -0.4 is 10.7 Å². The number of hydrogen-bond donors (Lipinski definition) is 1. The van der Waals surface area contributed by atoms with Gasteiger partial charge in [-0.15, -0.1) is 0 Å². The average molecular weight is 430 g/mol. The van der Waals surface area contributed by atoms with Gasteiger partial charge in [-0.2, -0.15) is 0 Å². The first-order valence-corrected chi connectivity index (χ1v) is 11.6. The first kappa shape index (κ1) is 19.8. The number of H-pyrrole nitrogens is 1. The van der Waals surface area contributed by atoms with Gasteiger partial charge in [0.05, 0.1) is 5.69 Å². The molecule has 1 saturated carbocycles. The summed E-state index contributed by atoms with van der Waals surface area (Å²) < 4.78 is 0. The maximum atomic E-state index is 5.14. The van der Waals surface area contributed by atoms with Crippen molar-refractivity contribution in [2.45, 2.75) is 24.8 Å². The molecule has 1 aliphatic rings. The molecule has 0 aliphatic heterocycles. The fourth-order valence-electron chi connectivity index (χ4n) is 4.83. The van der Waals surface area contributed by atoms with Gasteiger partial charge in [0.25, 0.3) is 0 Å². The minimum absolute atomic E-state index is 0.0976. The molecule has 0 amide bonds. The molecule has 33 heavy (non-hydrogen) atoms. The van der Waals surface area contributed by atoms with Crippen molar-refractivity contribution in [3.8, 4) is 33.6 Å². The molecule has 1 fully saturated rings. The van der Waals surface area contributed by atoms with Crippen LogP contribution >= 0.6 is 0 Å². The number of nitrogens with zero attached hydrogens (tertiary/aromatic N) is 1. The maximum Gasteiger partial charge on any atom is 0.211 e. The van der Waals surface area contributed by atoms with Gasteiger partial charge in [-0.1, -0.05) is 72.8 Å². The first-order valence-electron chi connectivity index (χ1n) is 11.6. The van der Waals surface area contributed by atoms with E-state index in [-0.39, 0.29) is 5.54 Å². The Morgan fingerprint density at radius 3 is 2.03 bits per heavy atom. The zero-order valence-electron chi connectivity index (χ0n) is 18.6. The summed E-state index contributed by atoms with van der Waals surface area (Å²) in [6.07, 6.45) is 5.64. The number of hydrogen-bond acceptors (Lipinski definition) is 1. The predicted octanol–water partition coefficient (Wildman–Crippen LogP) is 5.67. The van der Waals surface area contributed by atoms with Gasteiger partial charge in [-0.25, -0.2) is 9.97 Å². The minimum Gasteiger partial charge on any atom is -0.349 e. The number of quaternary nitrogens is 1. The lowest BCUT2D eigenvalue weighted by Crippen LogP contribution is -2.73. The summed E-state index contributed by atoms with van der Waals surface area (Å²) in [6.45, 7) is 0. The van der Waals surface area contributed by atoms with Crippen LogP contribution in [0.5, 0.6) is 0 Å². The molecule has 2 heterocycles. The largest absolute Gasteiger partial charge is 0.349 e. The Morgan fingerprint density at radius 2 is 1.39 bits per heavy atom. The normalized spacial score (nSPS) is 14.7. The van der Waals surface area contributed by atoms with Crippen molar-refractivity contribution in [1.29, 1.82) is 0 Å². The lowest BCUT2D eigenvalue weighted by Gasteiger charge is -2.34. The van der Waals surface area contributed by atoms with E-state index in [1.54, 1.807) is 0 Å². The van der Waals surface area contributed by atoms with Crippen LogP contribution in [0, 0.1) is 0 Å². The molecule has 0 saturated heterocycles. The van der Waals surface area contributed by atoms with Gasteiger partial charge in [0.2, 0.25) is 5.69 Å². The molecule has 3 heteroatoms. The molecule has 0 unspecified atom stereocenters. The number of aromatic nitrogens is 2. The molecule has 2 aromatic heterocycles. The van der Waals surface area contributed by atoms with Crippen molar-refractivity contribution in [1.82, 2.24) is 4.98 Å². The van der Waals surface area contributed by atoms with Crippen molar-refractivity contribution in [2.24, 2.45) is 0 Å². The Bertz CT molecular complexity index is 1420. The van der Waals surface area contributed by atoms with E-state index < -0.39 is 0 Å². The van der Waals surface area contributed by atoms with Crippen molar-refractivity contribution >= 4 is 10.9 Å². The SMILES string of the molecule is [NH3+]C1(c2ccc(-c3nc4c[nH+]c(-c5ccccc5)cc4cc3-c3ccccc3)cc2)CCC1. The zero-order valence-corrected chi connectivity index (χ0v) is 18.6. The van der Waals surface area contributed by atoms with Gasteiger partial charge in [0.15, 0.2) is 6.20 Å². The maximum absolute atomic E-state index is 5.14. The Hall–Kier alpha value is -3.82. The molecule has 4 N–H and O–H groups in total. The third-order valence-electron chi connectivity index (χ3n) is 7.00. The Labute approximate surface area is 194 Å². The van der Waals surface area contributed by atoms with E-state index in [4.69, 9.17) is 4.98 Å². The lowest BCUT2D eigenvalue weighted by molar-refractivity contribution is -0.509. The lowest BCUT2D eigenvalue weighted by atomic mass is 9.72. The molecule has 0 bridgehead atoms. The quantitative estimate of drug-likeness (QED) is 0.393. The highest BCUT2D eigenvalue weighted by Gasteiger charge is 2.38. The monoisotopic (exact) mass is 429 g/mol. The molecule has 0 radical (unpaired) electrons. The summed E-state index contributed by atoms with van der Waals surface area (Å²) in [5, 5.41) is 1.12. The van der Waals surface area contributed by atoms with Crippen molar-refractivity contribution in [2.75, 3.05) is 0 Å². The molecule has 3 aromatic carbocycles. The van der Waals surface area contributed by atoms with E-state index in [0.29, 0.717) is 0 Å².